The van der Waals surface area contributed by atoms with Crippen LogP contribution in [0.15, 0.2) is 0 Å². The fourth-order valence-corrected chi connectivity index (χ4v) is 2.76. The highest BCUT2D eigenvalue weighted by molar-refractivity contribution is 6.21. The molecule has 1 aliphatic heterocycles. The Kier molecular flexibility index (Phi) is 3.73. The first-order chi connectivity index (χ1) is 6.75. The second-order valence-corrected chi connectivity index (χ2v) is 5.73. The number of nitrogens with zero attached hydrogens (tertiary/aromatic N) is 1. The van der Waals surface area contributed by atoms with E-state index in [1.54, 1.807) is 0 Å². The van der Waals surface area contributed by atoms with Crippen molar-refractivity contribution >= 4 is 11.6 Å². The summed E-state index contributed by atoms with van der Waals surface area (Å²) in [5, 5.41) is 0.394. The van der Waals surface area contributed by atoms with Gasteiger partial charge in [0, 0.05) is 11.9 Å². The van der Waals surface area contributed by atoms with Gasteiger partial charge >= 0.3 is 0 Å². The van der Waals surface area contributed by atoms with Crippen LogP contribution in [-0.2, 0) is 0 Å². The third kappa shape index (κ3) is 2.64. The van der Waals surface area contributed by atoms with Crippen molar-refractivity contribution in [2.45, 2.75) is 44.4 Å². The fourth-order valence-electron chi connectivity index (χ4n) is 2.43. The minimum absolute atomic E-state index is 0.394. The first-order valence-electron chi connectivity index (χ1n) is 6.12. The molecule has 0 aromatic rings. The van der Waals surface area contributed by atoms with Gasteiger partial charge in [-0.1, -0.05) is 26.2 Å². The summed E-state index contributed by atoms with van der Waals surface area (Å²) >= 11 is 6.28. The largest absolute Gasteiger partial charge is 0.302 e. The smallest absolute Gasteiger partial charge is 0.0489 e. The van der Waals surface area contributed by atoms with Crippen LogP contribution in [0.2, 0.25) is 0 Å². The van der Waals surface area contributed by atoms with Crippen molar-refractivity contribution < 1.29 is 0 Å². The lowest BCUT2D eigenvalue weighted by Crippen LogP contribution is -2.41. The average Bonchev–Trinajstić information content (AvgIpc) is 2.08. The molecule has 0 spiro atoms. The average molecular weight is 216 g/mol. The first-order valence-corrected chi connectivity index (χ1v) is 6.56. The van der Waals surface area contributed by atoms with E-state index >= 15 is 0 Å². The molecule has 2 unspecified atom stereocenters. The highest BCUT2D eigenvalue weighted by atomic mass is 35.5. The predicted molar refractivity (Wildman–Crippen MR) is 61.8 cm³/mol. The molecule has 2 rings (SSSR count). The molecule has 0 radical (unpaired) electrons. The SMILES string of the molecule is CC1CCN(CCC2CCC2)CC1Cl. The van der Waals surface area contributed by atoms with Gasteiger partial charge in [0.05, 0.1) is 0 Å². The summed E-state index contributed by atoms with van der Waals surface area (Å²) in [4.78, 5) is 2.57. The molecule has 0 aromatic carbocycles. The molecule has 2 fully saturated rings. The van der Waals surface area contributed by atoms with Crippen LogP contribution in [0.1, 0.15) is 39.0 Å². The van der Waals surface area contributed by atoms with Crippen LogP contribution < -0.4 is 0 Å². The second kappa shape index (κ2) is 4.85. The molecule has 2 heteroatoms. The van der Waals surface area contributed by atoms with Crippen LogP contribution in [0.4, 0.5) is 0 Å². The van der Waals surface area contributed by atoms with Gasteiger partial charge in [0.2, 0.25) is 0 Å². The van der Waals surface area contributed by atoms with Crippen molar-refractivity contribution in [1.29, 1.82) is 0 Å². The predicted octanol–water partition coefficient (Wildman–Crippen LogP) is 3.13. The van der Waals surface area contributed by atoms with Gasteiger partial charge in [-0.2, -0.15) is 0 Å². The standard InChI is InChI=1S/C12H22ClN/c1-10-5-7-14(9-12(10)13)8-6-11-3-2-4-11/h10-12H,2-9H2,1H3. The van der Waals surface area contributed by atoms with E-state index in [-0.39, 0.29) is 0 Å². The Morgan fingerprint density at radius 2 is 2.07 bits per heavy atom. The van der Waals surface area contributed by atoms with Crippen LogP contribution >= 0.6 is 11.6 Å². The van der Waals surface area contributed by atoms with E-state index in [1.807, 2.05) is 0 Å². The maximum Gasteiger partial charge on any atom is 0.0489 e. The summed E-state index contributed by atoms with van der Waals surface area (Å²) < 4.78 is 0. The van der Waals surface area contributed by atoms with Crippen LogP contribution in [0, 0.1) is 11.8 Å². The molecule has 1 heterocycles. The van der Waals surface area contributed by atoms with Crippen LogP contribution in [0.25, 0.3) is 0 Å². The Labute approximate surface area is 92.8 Å². The topological polar surface area (TPSA) is 3.24 Å². The zero-order valence-corrected chi connectivity index (χ0v) is 9.97. The molecule has 0 bridgehead atoms. The van der Waals surface area contributed by atoms with Gasteiger partial charge in [0.15, 0.2) is 0 Å². The van der Waals surface area contributed by atoms with Crippen LogP contribution in [-0.4, -0.2) is 29.9 Å². The Morgan fingerprint density at radius 3 is 2.64 bits per heavy atom. The number of likely N-dealkylation sites (tertiary alicyclic amines) is 1. The molecule has 1 nitrogen and oxygen atoms in total. The summed E-state index contributed by atoms with van der Waals surface area (Å²) in [5.41, 5.74) is 0. The van der Waals surface area contributed by atoms with Gasteiger partial charge in [-0.3, -0.25) is 0 Å². The van der Waals surface area contributed by atoms with Gasteiger partial charge in [-0.05, 0) is 37.8 Å². The molecule has 14 heavy (non-hydrogen) atoms. The van der Waals surface area contributed by atoms with Gasteiger partial charge < -0.3 is 4.90 Å². The van der Waals surface area contributed by atoms with E-state index in [1.165, 1.54) is 45.2 Å². The molecule has 0 amide bonds. The summed E-state index contributed by atoms with van der Waals surface area (Å²) in [7, 11) is 0. The Hall–Kier alpha value is 0.250. The van der Waals surface area contributed by atoms with Crippen molar-refractivity contribution in [2.75, 3.05) is 19.6 Å². The zero-order chi connectivity index (χ0) is 9.97. The van der Waals surface area contributed by atoms with E-state index < -0.39 is 0 Å². The van der Waals surface area contributed by atoms with Crippen molar-refractivity contribution in [1.82, 2.24) is 4.90 Å². The monoisotopic (exact) mass is 215 g/mol. The van der Waals surface area contributed by atoms with Gasteiger partial charge in [0.25, 0.3) is 0 Å². The molecule has 2 aliphatic rings. The molecule has 0 aromatic heterocycles. The maximum atomic E-state index is 6.28. The van der Waals surface area contributed by atoms with Gasteiger partial charge in [0.1, 0.15) is 0 Å². The summed E-state index contributed by atoms with van der Waals surface area (Å²) in [6.45, 7) is 5.97. The van der Waals surface area contributed by atoms with Gasteiger partial charge in [-0.15, -0.1) is 11.6 Å². The third-order valence-electron chi connectivity index (χ3n) is 4.03. The van der Waals surface area contributed by atoms with Crippen molar-refractivity contribution in [3.8, 4) is 0 Å². The lowest BCUT2D eigenvalue weighted by Gasteiger charge is -2.35. The highest BCUT2D eigenvalue weighted by Crippen LogP contribution is 2.30. The second-order valence-electron chi connectivity index (χ2n) is 5.17. The number of hydrogen-bond donors (Lipinski definition) is 0. The fraction of sp³-hybridized carbons (Fsp3) is 1.00. The molecule has 1 saturated carbocycles. The maximum absolute atomic E-state index is 6.28. The van der Waals surface area contributed by atoms with E-state index in [0.717, 1.165) is 18.4 Å². The van der Waals surface area contributed by atoms with E-state index in [4.69, 9.17) is 11.6 Å². The Bertz CT molecular complexity index is 179. The summed E-state index contributed by atoms with van der Waals surface area (Å²) in [5.74, 6) is 1.76. The number of hydrogen-bond acceptors (Lipinski definition) is 1. The first kappa shape index (κ1) is 10.8. The molecule has 2 atom stereocenters. The van der Waals surface area contributed by atoms with Gasteiger partial charge in [-0.25, -0.2) is 0 Å². The molecular weight excluding hydrogens is 194 g/mol. The zero-order valence-electron chi connectivity index (χ0n) is 9.21. The van der Waals surface area contributed by atoms with Crippen LogP contribution in [0.5, 0.6) is 0 Å². The minimum Gasteiger partial charge on any atom is -0.302 e. The molecular formula is C12H22ClN. The highest BCUT2D eigenvalue weighted by Gasteiger charge is 2.25. The van der Waals surface area contributed by atoms with Crippen molar-refractivity contribution in [2.24, 2.45) is 11.8 Å². The third-order valence-corrected chi connectivity index (χ3v) is 4.60. The Balaban J connectivity index is 1.65. The number of alkyl halides is 1. The lowest BCUT2D eigenvalue weighted by molar-refractivity contribution is 0.168. The molecule has 1 saturated heterocycles. The minimum atomic E-state index is 0.394. The van der Waals surface area contributed by atoms with Crippen LogP contribution in [0.3, 0.4) is 0 Å². The summed E-state index contributed by atoms with van der Waals surface area (Å²) in [6, 6.07) is 0. The number of piperidine rings is 1. The quantitative estimate of drug-likeness (QED) is 0.654. The normalized spacial score (nSPS) is 35.6. The lowest BCUT2D eigenvalue weighted by atomic mass is 9.83. The molecule has 1 aliphatic carbocycles. The van der Waals surface area contributed by atoms with E-state index in [9.17, 15) is 0 Å². The molecule has 82 valence electrons. The van der Waals surface area contributed by atoms with E-state index in [0.29, 0.717) is 5.38 Å². The Morgan fingerprint density at radius 1 is 1.29 bits per heavy atom. The van der Waals surface area contributed by atoms with Crippen molar-refractivity contribution in [3.05, 3.63) is 0 Å². The van der Waals surface area contributed by atoms with E-state index in [2.05, 4.69) is 11.8 Å². The van der Waals surface area contributed by atoms with Crippen molar-refractivity contribution in [3.63, 3.8) is 0 Å². The summed E-state index contributed by atoms with van der Waals surface area (Å²) in [6.07, 6.45) is 7.14. The number of halogens is 1. The number of rotatable bonds is 3. The molecule has 0 N–H and O–H groups in total.